The van der Waals surface area contributed by atoms with Gasteiger partial charge < -0.3 is 4.90 Å². The first-order valence-electron chi connectivity index (χ1n) is 21.5. The molecule has 60 heavy (non-hydrogen) atoms. The SMILES string of the molecule is c1ccc(-c2ccc(N(c3ccc(-c4cccc5c4CCCC5)cc3)c3ccc4c(c3)C3(c5ccccc5-c5ccccc53)c3cccc(-c5ccccc5)c3-4)cc2)cc1. The number of anilines is 3. The Labute approximate surface area is 352 Å². The first-order valence-corrected chi connectivity index (χ1v) is 21.5. The maximum Gasteiger partial charge on any atom is 0.0726 e. The first kappa shape index (κ1) is 34.8. The number of hydrogen-bond donors (Lipinski definition) is 0. The summed E-state index contributed by atoms with van der Waals surface area (Å²) in [5.41, 5.74) is 24.2. The van der Waals surface area contributed by atoms with Gasteiger partial charge in [-0.1, -0.05) is 176 Å². The van der Waals surface area contributed by atoms with Gasteiger partial charge in [-0.15, -0.1) is 0 Å². The number of nitrogens with zero attached hydrogens (tertiary/aromatic N) is 1. The summed E-state index contributed by atoms with van der Waals surface area (Å²) in [6.45, 7) is 0. The van der Waals surface area contributed by atoms with E-state index < -0.39 is 5.41 Å². The fraction of sp³-hybridized carbons (Fsp3) is 0.0847. The molecule has 284 valence electrons. The second kappa shape index (κ2) is 14.0. The van der Waals surface area contributed by atoms with Gasteiger partial charge in [0, 0.05) is 17.1 Å². The molecule has 9 aromatic carbocycles. The van der Waals surface area contributed by atoms with Crippen LogP contribution in [-0.2, 0) is 18.3 Å². The average molecular weight is 766 g/mol. The van der Waals surface area contributed by atoms with E-state index in [4.69, 9.17) is 0 Å². The summed E-state index contributed by atoms with van der Waals surface area (Å²) >= 11 is 0. The van der Waals surface area contributed by atoms with Crippen molar-refractivity contribution in [3.63, 3.8) is 0 Å². The van der Waals surface area contributed by atoms with E-state index >= 15 is 0 Å². The lowest BCUT2D eigenvalue weighted by Gasteiger charge is -2.32. The molecule has 9 aromatic rings. The number of aryl methyl sites for hydroxylation is 1. The summed E-state index contributed by atoms with van der Waals surface area (Å²) < 4.78 is 0. The van der Waals surface area contributed by atoms with Crippen molar-refractivity contribution in [2.45, 2.75) is 31.1 Å². The van der Waals surface area contributed by atoms with E-state index in [0.717, 1.165) is 23.5 Å². The standard InChI is InChI=1S/C59H43N/c1-3-15-40(16-4-1)41-29-33-45(34-30-41)60(46-35-31-44(32-36-46)49-24-13-20-42-19-7-8-21-48(42)49)47-37-38-53-57(39-47)59(54-26-11-9-22-51(54)52-23-10-12-27-55(52)59)56-28-14-25-50(58(53)56)43-17-5-2-6-18-43/h1-6,9-18,20,22-39H,7-8,19,21H2. The highest BCUT2D eigenvalue weighted by Gasteiger charge is 2.52. The number of hydrogen-bond acceptors (Lipinski definition) is 1. The molecule has 0 aromatic heterocycles. The monoisotopic (exact) mass is 765 g/mol. The molecule has 1 heteroatoms. The quantitative estimate of drug-likeness (QED) is 0.163. The van der Waals surface area contributed by atoms with Crippen LogP contribution in [0.4, 0.5) is 17.1 Å². The van der Waals surface area contributed by atoms with Crippen molar-refractivity contribution in [1.82, 2.24) is 0 Å². The van der Waals surface area contributed by atoms with Crippen LogP contribution >= 0.6 is 0 Å². The zero-order chi connectivity index (χ0) is 39.6. The Morgan fingerprint density at radius 1 is 0.317 bits per heavy atom. The Morgan fingerprint density at radius 3 is 1.52 bits per heavy atom. The van der Waals surface area contributed by atoms with Gasteiger partial charge >= 0.3 is 0 Å². The Kier molecular flexibility index (Phi) is 8.10. The summed E-state index contributed by atoms with van der Waals surface area (Å²) in [6.07, 6.45) is 4.88. The topological polar surface area (TPSA) is 3.24 Å². The molecule has 1 nitrogen and oxygen atoms in total. The fourth-order valence-corrected chi connectivity index (χ4v) is 10.9. The Hall–Kier alpha value is -7.22. The van der Waals surface area contributed by atoms with E-state index in [-0.39, 0.29) is 0 Å². The zero-order valence-electron chi connectivity index (χ0n) is 33.5. The lowest BCUT2D eigenvalue weighted by Crippen LogP contribution is -2.26. The maximum absolute atomic E-state index is 2.51. The Morgan fingerprint density at radius 2 is 0.817 bits per heavy atom. The summed E-state index contributed by atoms with van der Waals surface area (Å²) in [5.74, 6) is 0. The largest absolute Gasteiger partial charge is 0.310 e. The molecule has 0 aliphatic heterocycles. The van der Waals surface area contributed by atoms with E-state index in [0.29, 0.717) is 0 Å². The molecule has 3 aliphatic rings. The van der Waals surface area contributed by atoms with Crippen LogP contribution in [0.2, 0.25) is 0 Å². The van der Waals surface area contributed by atoms with Gasteiger partial charge in [0.25, 0.3) is 0 Å². The highest BCUT2D eigenvalue weighted by Crippen LogP contribution is 2.64. The molecule has 0 radical (unpaired) electrons. The van der Waals surface area contributed by atoms with Gasteiger partial charge in [0.1, 0.15) is 0 Å². The molecule has 0 atom stereocenters. The van der Waals surface area contributed by atoms with Gasteiger partial charge in [-0.3, -0.25) is 0 Å². The Bertz CT molecular complexity index is 3020. The van der Waals surface area contributed by atoms with E-state index in [2.05, 4.69) is 217 Å². The molecule has 0 fully saturated rings. The molecule has 0 saturated carbocycles. The van der Waals surface area contributed by atoms with Crippen LogP contribution < -0.4 is 4.90 Å². The maximum atomic E-state index is 2.51. The summed E-state index contributed by atoms with van der Waals surface area (Å²) in [7, 11) is 0. The molecular formula is C59H43N. The van der Waals surface area contributed by atoms with Gasteiger partial charge in [-0.25, -0.2) is 0 Å². The highest BCUT2D eigenvalue weighted by atomic mass is 15.1. The summed E-state index contributed by atoms with van der Waals surface area (Å²) in [5, 5.41) is 0. The normalized spacial score (nSPS) is 13.9. The van der Waals surface area contributed by atoms with Crippen LogP contribution in [0, 0.1) is 0 Å². The molecule has 12 rings (SSSR count). The third kappa shape index (κ3) is 5.25. The van der Waals surface area contributed by atoms with Crippen molar-refractivity contribution in [3.8, 4) is 55.6 Å². The third-order valence-corrected chi connectivity index (χ3v) is 13.5. The molecule has 0 amide bonds. The minimum absolute atomic E-state index is 0.474. The van der Waals surface area contributed by atoms with E-state index in [1.807, 2.05) is 0 Å². The van der Waals surface area contributed by atoms with Crippen molar-refractivity contribution < 1.29 is 0 Å². The predicted molar refractivity (Wildman–Crippen MR) is 250 cm³/mol. The van der Waals surface area contributed by atoms with Crippen molar-refractivity contribution in [3.05, 3.63) is 246 Å². The van der Waals surface area contributed by atoms with E-state index in [1.54, 1.807) is 0 Å². The van der Waals surface area contributed by atoms with Crippen LogP contribution in [0.1, 0.15) is 46.2 Å². The molecule has 0 bridgehead atoms. The molecule has 3 aliphatic carbocycles. The Balaban J connectivity index is 1.08. The average Bonchev–Trinajstić information content (AvgIpc) is 3.80. The molecule has 0 unspecified atom stereocenters. The van der Waals surface area contributed by atoms with Crippen molar-refractivity contribution in [2.24, 2.45) is 0 Å². The van der Waals surface area contributed by atoms with Crippen LogP contribution in [0.5, 0.6) is 0 Å². The van der Waals surface area contributed by atoms with Crippen LogP contribution in [-0.4, -0.2) is 0 Å². The van der Waals surface area contributed by atoms with Crippen LogP contribution in [0.15, 0.2) is 212 Å². The van der Waals surface area contributed by atoms with Crippen molar-refractivity contribution >= 4 is 17.1 Å². The number of rotatable bonds is 6. The van der Waals surface area contributed by atoms with Crippen molar-refractivity contribution in [2.75, 3.05) is 4.90 Å². The van der Waals surface area contributed by atoms with Gasteiger partial charge in [0.05, 0.1) is 5.41 Å². The minimum atomic E-state index is -0.474. The van der Waals surface area contributed by atoms with Gasteiger partial charge in [-0.05, 0) is 151 Å². The summed E-state index contributed by atoms with van der Waals surface area (Å²) in [6, 6.07) is 79.4. The molecular weight excluding hydrogens is 723 g/mol. The number of fused-ring (bicyclic) bond motifs is 11. The zero-order valence-corrected chi connectivity index (χ0v) is 33.5. The third-order valence-electron chi connectivity index (χ3n) is 13.5. The predicted octanol–water partition coefficient (Wildman–Crippen LogP) is 15.4. The van der Waals surface area contributed by atoms with Crippen LogP contribution in [0.3, 0.4) is 0 Å². The highest BCUT2D eigenvalue weighted by molar-refractivity contribution is 6.01. The second-order valence-corrected chi connectivity index (χ2v) is 16.6. The van der Waals surface area contributed by atoms with Crippen molar-refractivity contribution in [1.29, 1.82) is 0 Å². The number of benzene rings is 9. The van der Waals surface area contributed by atoms with Gasteiger partial charge in [0.15, 0.2) is 0 Å². The molecule has 0 heterocycles. The van der Waals surface area contributed by atoms with Crippen LogP contribution in [0.25, 0.3) is 55.6 Å². The fourth-order valence-electron chi connectivity index (χ4n) is 10.9. The lowest BCUT2D eigenvalue weighted by atomic mass is 9.70. The first-order chi connectivity index (χ1) is 29.8. The molecule has 0 N–H and O–H groups in total. The lowest BCUT2D eigenvalue weighted by molar-refractivity contribution is 0.687. The van der Waals surface area contributed by atoms with E-state index in [9.17, 15) is 0 Å². The molecule has 0 saturated heterocycles. The summed E-state index contributed by atoms with van der Waals surface area (Å²) in [4.78, 5) is 2.46. The second-order valence-electron chi connectivity index (χ2n) is 16.6. The van der Waals surface area contributed by atoms with Gasteiger partial charge in [0.2, 0.25) is 0 Å². The van der Waals surface area contributed by atoms with E-state index in [1.165, 1.54) is 108 Å². The van der Waals surface area contributed by atoms with Gasteiger partial charge in [-0.2, -0.15) is 0 Å². The minimum Gasteiger partial charge on any atom is -0.310 e. The molecule has 1 spiro atoms. The smallest absolute Gasteiger partial charge is 0.0726 e.